The first-order valence-electron chi connectivity index (χ1n) is 6.53. The molecule has 0 spiro atoms. The summed E-state index contributed by atoms with van der Waals surface area (Å²) in [6, 6.07) is 0. The highest BCUT2D eigenvalue weighted by atomic mass is 15.3. The van der Waals surface area contributed by atoms with Gasteiger partial charge in [0, 0.05) is 7.05 Å². The van der Waals surface area contributed by atoms with Crippen LogP contribution >= 0.6 is 0 Å². The van der Waals surface area contributed by atoms with Gasteiger partial charge >= 0.3 is 0 Å². The molecule has 0 radical (unpaired) electrons. The van der Waals surface area contributed by atoms with Crippen molar-refractivity contribution < 1.29 is 0 Å². The van der Waals surface area contributed by atoms with Crippen LogP contribution in [0.15, 0.2) is 6.33 Å². The molecule has 1 rings (SSSR count). The lowest BCUT2D eigenvalue weighted by Gasteiger charge is -1.96. The molecule has 0 aliphatic carbocycles. The van der Waals surface area contributed by atoms with Crippen LogP contribution in [0.5, 0.6) is 0 Å². The van der Waals surface area contributed by atoms with E-state index in [1.807, 2.05) is 14.0 Å². The summed E-state index contributed by atoms with van der Waals surface area (Å²) in [6.07, 6.45) is 11.6. The second-order valence-electron chi connectivity index (χ2n) is 4.23. The fraction of sp³-hybridized carbons (Fsp3) is 0.846. The lowest BCUT2D eigenvalue weighted by Crippen LogP contribution is -1.86. The minimum atomic E-state index is 0.822. The van der Waals surface area contributed by atoms with Gasteiger partial charge in [0.2, 0.25) is 0 Å². The molecule has 0 fully saturated rings. The van der Waals surface area contributed by atoms with Crippen molar-refractivity contribution in [3.05, 3.63) is 12.2 Å². The second-order valence-corrected chi connectivity index (χ2v) is 4.23. The fourth-order valence-corrected chi connectivity index (χ4v) is 1.48. The van der Waals surface area contributed by atoms with Crippen molar-refractivity contribution in [2.45, 2.75) is 65.7 Å². The molecule has 0 bridgehead atoms. The predicted octanol–water partition coefficient (Wildman–Crippen LogP) is 3.88. The van der Waals surface area contributed by atoms with E-state index >= 15 is 0 Å². The summed E-state index contributed by atoms with van der Waals surface area (Å²) in [7, 11) is 1.85. The Kier molecular flexibility index (Phi) is 10.1. The lowest BCUT2D eigenvalue weighted by atomic mass is 10.1. The summed E-state index contributed by atoms with van der Waals surface area (Å²) in [5.41, 5.74) is 0. The standard InChI is InChI=1S/C9H20.C4H7N3/c1-3-5-7-9-8-6-4-2;1-4-5-3-7(2)6-4/h3-9H2,1-2H3;3H,1-2H3. The molecule has 94 valence electrons. The molecule has 0 aliphatic heterocycles. The van der Waals surface area contributed by atoms with Crippen molar-refractivity contribution in [2.75, 3.05) is 0 Å². The summed E-state index contributed by atoms with van der Waals surface area (Å²) in [5, 5.41) is 3.92. The van der Waals surface area contributed by atoms with Crippen molar-refractivity contribution in [1.29, 1.82) is 0 Å². The maximum Gasteiger partial charge on any atom is 0.147 e. The highest BCUT2D eigenvalue weighted by Gasteiger charge is 1.86. The van der Waals surface area contributed by atoms with Crippen molar-refractivity contribution in [3.8, 4) is 0 Å². The van der Waals surface area contributed by atoms with Gasteiger partial charge in [0.05, 0.1) is 0 Å². The van der Waals surface area contributed by atoms with Crippen LogP contribution in [0.4, 0.5) is 0 Å². The number of hydrogen-bond acceptors (Lipinski definition) is 2. The molecule has 1 aromatic heterocycles. The van der Waals surface area contributed by atoms with Crippen LogP contribution < -0.4 is 0 Å². The van der Waals surface area contributed by atoms with Crippen LogP contribution in [0.2, 0.25) is 0 Å². The topological polar surface area (TPSA) is 30.7 Å². The molecule has 1 heterocycles. The third-order valence-corrected chi connectivity index (χ3v) is 2.42. The van der Waals surface area contributed by atoms with Gasteiger partial charge in [-0.15, -0.1) is 0 Å². The molecule has 3 nitrogen and oxygen atoms in total. The van der Waals surface area contributed by atoms with Crippen LogP contribution in [0.1, 0.15) is 64.6 Å². The summed E-state index contributed by atoms with van der Waals surface area (Å²) >= 11 is 0. The molecular weight excluding hydrogens is 198 g/mol. The van der Waals surface area contributed by atoms with E-state index in [-0.39, 0.29) is 0 Å². The smallest absolute Gasteiger partial charge is 0.147 e. The van der Waals surface area contributed by atoms with E-state index in [0.29, 0.717) is 0 Å². The number of unbranched alkanes of at least 4 members (excludes halogenated alkanes) is 6. The van der Waals surface area contributed by atoms with Crippen molar-refractivity contribution in [3.63, 3.8) is 0 Å². The predicted molar refractivity (Wildman–Crippen MR) is 69.4 cm³/mol. The average Bonchev–Trinajstić information content (AvgIpc) is 2.63. The zero-order valence-electron chi connectivity index (χ0n) is 11.4. The Balaban J connectivity index is 0.000000288. The minimum Gasteiger partial charge on any atom is -0.256 e. The Morgan fingerprint density at radius 2 is 1.50 bits per heavy atom. The highest BCUT2D eigenvalue weighted by molar-refractivity contribution is 4.72. The maximum absolute atomic E-state index is 3.92. The van der Waals surface area contributed by atoms with Gasteiger partial charge in [-0.2, -0.15) is 5.10 Å². The zero-order valence-corrected chi connectivity index (χ0v) is 11.4. The fourth-order valence-electron chi connectivity index (χ4n) is 1.48. The Labute approximate surface area is 100 Å². The van der Waals surface area contributed by atoms with E-state index in [2.05, 4.69) is 23.9 Å². The molecule has 0 unspecified atom stereocenters. The van der Waals surface area contributed by atoms with Crippen molar-refractivity contribution in [2.24, 2.45) is 7.05 Å². The van der Waals surface area contributed by atoms with Crippen molar-refractivity contribution in [1.82, 2.24) is 14.8 Å². The Morgan fingerprint density at radius 3 is 1.75 bits per heavy atom. The first kappa shape index (κ1) is 15.1. The first-order valence-corrected chi connectivity index (χ1v) is 6.53. The molecular formula is C13H27N3. The van der Waals surface area contributed by atoms with E-state index < -0.39 is 0 Å². The van der Waals surface area contributed by atoms with Gasteiger partial charge in [-0.3, -0.25) is 4.68 Å². The van der Waals surface area contributed by atoms with Gasteiger partial charge in [0.25, 0.3) is 0 Å². The van der Waals surface area contributed by atoms with E-state index in [4.69, 9.17) is 0 Å². The van der Waals surface area contributed by atoms with Gasteiger partial charge in [0.1, 0.15) is 12.2 Å². The Bertz CT molecular complexity index is 221. The van der Waals surface area contributed by atoms with E-state index in [1.54, 1.807) is 11.0 Å². The molecule has 1 aromatic rings. The maximum atomic E-state index is 3.92. The Morgan fingerprint density at radius 1 is 1.00 bits per heavy atom. The summed E-state index contributed by atoms with van der Waals surface area (Å²) in [6.45, 7) is 6.39. The molecule has 16 heavy (non-hydrogen) atoms. The molecule has 0 aromatic carbocycles. The molecule has 0 atom stereocenters. The van der Waals surface area contributed by atoms with Crippen LogP contribution in [-0.4, -0.2) is 14.8 Å². The molecule has 3 heteroatoms. The minimum absolute atomic E-state index is 0.822. The van der Waals surface area contributed by atoms with E-state index in [1.165, 1.54) is 44.9 Å². The number of hydrogen-bond donors (Lipinski definition) is 0. The monoisotopic (exact) mass is 225 g/mol. The molecule has 0 amide bonds. The summed E-state index contributed by atoms with van der Waals surface area (Å²) < 4.78 is 1.68. The summed E-state index contributed by atoms with van der Waals surface area (Å²) in [4.78, 5) is 3.87. The third kappa shape index (κ3) is 9.69. The van der Waals surface area contributed by atoms with Crippen LogP contribution in [-0.2, 0) is 7.05 Å². The molecule has 0 N–H and O–H groups in total. The lowest BCUT2D eigenvalue weighted by molar-refractivity contribution is 0.602. The van der Waals surface area contributed by atoms with Gasteiger partial charge in [-0.05, 0) is 6.92 Å². The first-order chi connectivity index (χ1) is 7.70. The normalized spacial score (nSPS) is 9.75. The van der Waals surface area contributed by atoms with Gasteiger partial charge in [-0.1, -0.05) is 58.8 Å². The molecule has 0 saturated carbocycles. The van der Waals surface area contributed by atoms with Gasteiger partial charge < -0.3 is 0 Å². The van der Waals surface area contributed by atoms with Crippen molar-refractivity contribution >= 4 is 0 Å². The quantitative estimate of drug-likeness (QED) is 0.688. The van der Waals surface area contributed by atoms with Gasteiger partial charge in [0.15, 0.2) is 0 Å². The number of rotatable bonds is 6. The number of aromatic nitrogens is 3. The highest BCUT2D eigenvalue weighted by Crippen LogP contribution is 2.05. The second kappa shape index (κ2) is 10.7. The Hall–Kier alpha value is -0.860. The number of aryl methyl sites for hydroxylation is 2. The SMILES string of the molecule is CCCCCCCCC.Cc1ncn(C)n1. The largest absolute Gasteiger partial charge is 0.256 e. The summed E-state index contributed by atoms with van der Waals surface area (Å²) in [5.74, 6) is 0.822. The van der Waals surface area contributed by atoms with Gasteiger partial charge in [-0.25, -0.2) is 4.98 Å². The van der Waals surface area contributed by atoms with Crippen LogP contribution in [0, 0.1) is 6.92 Å². The zero-order chi connectivity index (χ0) is 12.2. The molecule has 0 aliphatic rings. The van der Waals surface area contributed by atoms with E-state index in [9.17, 15) is 0 Å². The van der Waals surface area contributed by atoms with E-state index in [0.717, 1.165) is 5.82 Å². The number of nitrogens with zero attached hydrogens (tertiary/aromatic N) is 3. The van der Waals surface area contributed by atoms with Crippen LogP contribution in [0.3, 0.4) is 0 Å². The average molecular weight is 225 g/mol. The van der Waals surface area contributed by atoms with Crippen LogP contribution in [0.25, 0.3) is 0 Å². The molecule has 0 saturated heterocycles. The third-order valence-electron chi connectivity index (χ3n) is 2.42.